The zero-order chi connectivity index (χ0) is 20.1. The summed E-state index contributed by atoms with van der Waals surface area (Å²) in [5.74, 6) is 0. The number of rotatable bonds is 4. The maximum Gasteiger partial charge on any atom is 0.0991 e. The molecule has 0 aromatic heterocycles. The van der Waals surface area contributed by atoms with Gasteiger partial charge in [-0.05, 0) is 48.5 Å². The van der Waals surface area contributed by atoms with Gasteiger partial charge in [-0.2, -0.15) is 10.5 Å². The molecule has 2 fully saturated rings. The molecule has 0 saturated carbocycles. The van der Waals surface area contributed by atoms with Gasteiger partial charge in [-0.25, -0.2) is 10.0 Å². The first kappa shape index (κ1) is 18.5. The van der Waals surface area contributed by atoms with Crippen LogP contribution in [0.1, 0.15) is 11.1 Å². The summed E-state index contributed by atoms with van der Waals surface area (Å²) in [6, 6.07) is 18.2. The van der Waals surface area contributed by atoms with Crippen LogP contribution in [0.15, 0.2) is 69.2 Å². The van der Waals surface area contributed by atoms with E-state index in [1.54, 1.807) is 48.5 Å². The molecule has 10 heteroatoms. The normalized spacial score (nSPS) is 21.3. The molecular formula is C19H18N10. The number of benzene rings is 2. The van der Waals surface area contributed by atoms with Crippen molar-refractivity contribution in [1.29, 1.82) is 10.5 Å². The monoisotopic (exact) mass is 386 g/mol. The zero-order valence-electron chi connectivity index (χ0n) is 15.6. The molecule has 144 valence electrons. The molecule has 0 atom stereocenters. The van der Waals surface area contributed by atoms with Crippen molar-refractivity contribution >= 4 is 11.4 Å². The molecule has 29 heavy (non-hydrogen) atoms. The summed E-state index contributed by atoms with van der Waals surface area (Å²) in [7, 11) is 0. The molecule has 2 bridgehead atoms. The van der Waals surface area contributed by atoms with Crippen LogP contribution in [-0.2, 0) is 0 Å². The van der Waals surface area contributed by atoms with Crippen LogP contribution in [0, 0.1) is 22.7 Å². The first-order chi connectivity index (χ1) is 14.2. The Morgan fingerprint density at radius 2 is 0.966 bits per heavy atom. The maximum absolute atomic E-state index is 8.85. The van der Waals surface area contributed by atoms with Crippen molar-refractivity contribution < 1.29 is 0 Å². The summed E-state index contributed by atoms with van der Waals surface area (Å²) in [5, 5.41) is 38.6. The van der Waals surface area contributed by atoms with E-state index in [1.165, 1.54) is 0 Å². The van der Waals surface area contributed by atoms with Gasteiger partial charge in [0.05, 0.1) is 68.0 Å². The van der Waals surface area contributed by atoms with Gasteiger partial charge in [0.25, 0.3) is 0 Å². The summed E-state index contributed by atoms with van der Waals surface area (Å²) >= 11 is 0. The van der Waals surface area contributed by atoms with E-state index in [4.69, 9.17) is 10.5 Å². The highest BCUT2D eigenvalue weighted by Gasteiger charge is 2.30. The van der Waals surface area contributed by atoms with E-state index in [-0.39, 0.29) is 0 Å². The molecule has 0 unspecified atom stereocenters. The highest BCUT2D eigenvalue weighted by molar-refractivity contribution is 5.42. The minimum Gasteiger partial charge on any atom is -0.252 e. The van der Waals surface area contributed by atoms with Crippen molar-refractivity contribution in [1.82, 2.24) is 19.8 Å². The average Bonchev–Trinajstić information content (AvgIpc) is 2.76. The Morgan fingerprint density at radius 1 is 0.586 bits per heavy atom. The van der Waals surface area contributed by atoms with Crippen molar-refractivity contribution in [3.05, 3.63) is 59.7 Å². The predicted octanol–water partition coefficient (Wildman–Crippen LogP) is 3.15. The Labute approximate surface area is 168 Å². The number of fused-ring (bicyclic) bond motifs is 2. The van der Waals surface area contributed by atoms with Crippen LogP contribution in [0.3, 0.4) is 0 Å². The molecule has 10 nitrogen and oxygen atoms in total. The molecule has 0 spiro atoms. The van der Waals surface area contributed by atoms with Crippen molar-refractivity contribution in [2.75, 3.05) is 33.3 Å². The number of nitrogens with zero attached hydrogens (tertiary/aromatic N) is 10. The highest BCUT2D eigenvalue weighted by Crippen LogP contribution is 2.19. The SMILES string of the molecule is N#Cc1ccc(N=NN2CN3CN(C2)CN(N=Nc2ccc(C#N)cc2)C3)cc1. The van der Waals surface area contributed by atoms with Gasteiger partial charge >= 0.3 is 0 Å². The molecule has 2 aliphatic rings. The van der Waals surface area contributed by atoms with Gasteiger partial charge in [0.2, 0.25) is 0 Å². The lowest BCUT2D eigenvalue weighted by atomic mass is 10.2. The van der Waals surface area contributed by atoms with Crippen LogP contribution in [0.2, 0.25) is 0 Å². The lowest BCUT2D eigenvalue weighted by Gasteiger charge is -2.46. The van der Waals surface area contributed by atoms with Gasteiger partial charge in [-0.3, -0.25) is 9.80 Å². The van der Waals surface area contributed by atoms with Crippen LogP contribution in [0.5, 0.6) is 0 Å². The smallest absolute Gasteiger partial charge is 0.0991 e. The topological polar surface area (TPSA) is 110 Å². The van der Waals surface area contributed by atoms with E-state index in [9.17, 15) is 0 Å². The van der Waals surface area contributed by atoms with Crippen LogP contribution in [0.4, 0.5) is 11.4 Å². The van der Waals surface area contributed by atoms with Gasteiger partial charge in [0.15, 0.2) is 0 Å². The highest BCUT2D eigenvalue weighted by atomic mass is 15.7. The summed E-state index contributed by atoms with van der Waals surface area (Å²) in [6.07, 6.45) is 0. The van der Waals surface area contributed by atoms with Crippen molar-refractivity contribution in [2.24, 2.45) is 20.7 Å². The minimum absolute atomic E-state index is 0.601. The number of nitriles is 2. The summed E-state index contributed by atoms with van der Waals surface area (Å²) < 4.78 is 0. The van der Waals surface area contributed by atoms with E-state index in [0.29, 0.717) is 49.2 Å². The molecule has 2 aromatic rings. The molecule has 0 radical (unpaired) electrons. The largest absolute Gasteiger partial charge is 0.252 e. The third-order valence-electron chi connectivity index (χ3n) is 4.42. The Balaban J connectivity index is 1.33. The Hall–Kier alpha value is -3.86. The van der Waals surface area contributed by atoms with E-state index in [1.807, 2.05) is 10.0 Å². The fourth-order valence-corrected chi connectivity index (χ4v) is 3.11. The fourth-order valence-electron chi connectivity index (χ4n) is 3.11. The van der Waals surface area contributed by atoms with Crippen LogP contribution in [0.25, 0.3) is 0 Å². The second kappa shape index (κ2) is 8.44. The average molecular weight is 386 g/mol. The number of hydrogen-bond acceptors (Lipinski definition) is 8. The molecule has 0 amide bonds. The van der Waals surface area contributed by atoms with Crippen LogP contribution >= 0.6 is 0 Å². The lowest BCUT2D eigenvalue weighted by molar-refractivity contribution is -0.124. The molecule has 2 aliphatic heterocycles. The molecule has 4 rings (SSSR count). The van der Waals surface area contributed by atoms with Gasteiger partial charge < -0.3 is 0 Å². The molecule has 0 N–H and O–H groups in total. The number of hydrogen-bond donors (Lipinski definition) is 0. The third kappa shape index (κ3) is 4.71. The minimum atomic E-state index is 0.601. The maximum atomic E-state index is 8.85. The van der Waals surface area contributed by atoms with Crippen molar-refractivity contribution in [2.45, 2.75) is 0 Å². The fraction of sp³-hybridized carbons (Fsp3) is 0.263. The second-order valence-corrected chi connectivity index (χ2v) is 6.76. The van der Waals surface area contributed by atoms with E-state index < -0.39 is 0 Å². The molecule has 0 aliphatic carbocycles. The van der Waals surface area contributed by atoms with Gasteiger partial charge in [-0.1, -0.05) is 10.4 Å². The molecule has 2 heterocycles. The van der Waals surface area contributed by atoms with Crippen LogP contribution in [-0.4, -0.2) is 53.2 Å². The molecule has 2 aromatic carbocycles. The first-order valence-corrected chi connectivity index (χ1v) is 9.00. The molecular weight excluding hydrogens is 368 g/mol. The lowest BCUT2D eigenvalue weighted by Crippen LogP contribution is -2.61. The predicted molar refractivity (Wildman–Crippen MR) is 103 cm³/mol. The van der Waals surface area contributed by atoms with E-state index in [2.05, 4.69) is 42.6 Å². The second-order valence-electron chi connectivity index (χ2n) is 6.76. The van der Waals surface area contributed by atoms with Gasteiger partial charge in [0, 0.05) is 0 Å². The Morgan fingerprint density at radius 3 is 1.31 bits per heavy atom. The first-order valence-electron chi connectivity index (χ1n) is 9.00. The summed E-state index contributed by atoms with van der Waals surface area (Å²) in [5.41, 5.74) is 2.62. The van der Waals surface area contributed by atoms with Crippen molar-refractivity contribution in [3.8, 4) is 12.1 Å². The summed E-state index contributed by atoms with van der Waals surface area (Å²) in [4.78, 5) is 4.37. The van der Waals surface area contributed by atoms with E-state index in [0.717, 1.165) is 6.67 Å². The van der Waals surface area contributed by atoms with E-state index >= 15 is 0 Å². The Bertz CT molecular complexity index is 890. The summed E-state index contributed by atoms with van der Waals surface area (Å²) in [6.45, 7) is 3.39. The quantitative estimate of drug-likeness (QED) is 0.747. The standard InChI is InChI=1S/C19H18N10/c20-9-16-1-5-18(6-2-16)22-24-28-12-26-11-27(13-28)15-29(14-26)25-23-19-7-3-17(10-21)4-8-19/h1-8H,11-15H2. The third-order valence-corrected chi connectivity index (χ3v) is 4.42. The Kier molecular flexibility index (Phi) is 5.38. The zero-order valence-corrected chi connectivity index (χ0v) is 15.6. The van der Waals surface area contributed by atoms with Crippen LogP contribution < -0.4 is 0 Å². The van der Waals surface area contributed by atoms with Gasteiger partial charge in [0.1, 0.15) is 0 Å². The van der Waals surface area contributed by atoms with Crippen molar-refractivity contribution in [3.63, 3.8) is 0 Å². The van der Waals surface area contributed by atoms with Gasteiger partial charge in [-0.15, -0.1) is 10.2 Å². The molecule has 2 saturated heterocycles.